The van der Waals surface area contributed by atoms with E-state index in [0.717, 1.165) is 16.7 Å². The van der Waals surface area contributed by atoms with Gasteiger partial charge in [0.15, 0.2) is 0 Å². The summed E-state index contributed by atoms with van der Waals surface area (Å²) in [5.41, 5.74) is 3.77. The number of fused-ring (bicyclic) bond motifs is 2. The first-order chi connectivity index (χ1) is 13.5. The Bertz CT molecular complexity index is 1270. The quantitative estimate of drug-likeness (QED) is 0.381. The first kappa shape index (κ1) is 17.9. The highest BCUT2D eigenvalue weighted by molar-refractivity contribution is 6.01. The van der Waals surface area contributed by atoms with Crippen LogP contribution in [0.25, 0.3) is 33.3 Å². The van der Waals surface area contributed by atoms with Gasteiger partial charge in [0.05, 0.1) is 28.6 Å². The van der Waals surface area contributed by atoms with Gasteiger partial charge in [-0.3, -0.25) is 4.79 Å². The largest absolute Gasteiger partial charge is 0.462 e. The molecular formula is C23H19NO4. The van der Waals surface area contributed by atoms with E-state index < -0.39 is 5.97 Å². The van der Waals surface area contributed by atoms with Crippen LogP contribution in [0.15, 0.2) is 57.7 Å². The molecule has 0 aliphatic carbocycles. The molecular weight excluding hydrogens is 354 g/mol. The first-order valence-corrected chi connectivity index (χ1v) is 9.11. The summed E-state index contributed by atoms with van der Waals surface area (Å²) in [6.45, 7) is 5.80. The van der Waals surface area contributed by atoms with Crippen molar-refractivity contribution in [3.63, 3.8) is 0 Å². The summed E-state index contributed by atoms with van der Waals surface area (Å²) in [5.74, 6) is -0.518. The number of nitrogens with zero attached hydrogens (tertiary/aromatic N) is 1. The molecule has 4 aromatic rings. The lowest BCUT2D eigenvalue weighted by Gasteiger charge is -2.11. The summed E-state index contributed by atoms with van der Waals surface area (Å²) < 4.78 is 11.2. The molecule has 0 aliphatic heterocycles. The number of benzene rings is 2. The third-order valence-corrected chi connectivity index (χ3v) is 4.64. The van der Waals surface area contributed by atoms with Gasteiger partial charge < -0.3 is 9.15 Å². The molecule has 2 aromatic carbocycles. The molecule has 0 spiro atoms. The van der Waals surface area contributed by atoms with Gasteiger partial charge in [-0.2, -0.15) is 0 Å². The van der Waals surface area contributed by atoms with Crippen molar-refractivity contribution in [3.8, 4) is 11.3 Å². The molecule has 0 saturated heterocycles. The molecule has 0 saturated carbocycles. The van der Waals surface area contributed by atoms with Crippen molar-refractivity contribution in [1.82, 2.24) is 4.98 Å². The second-order valence-corrected chi connectivity index (χ2v) is 6.71. The third-order valence-electron chi connectivity index (χ3n) is 4.64. The van der Waals surface area contributed by atoms with Crippen molar-refractivity contribution in [3.05, 3.63) is 75.4 Å². The predicted octanol–water partition coefficient (Wildman–Crippen LogP) is 4.80. The van der Waals surface area contributed by atoms with Crippen LogP contribution < -0.4 is 5.43 Å². The van der Waals surface area contributed by atoms with E-state index in [1.165, 1.54) is 6.07 Å². The first-order valence-electron chi connectivity index (χ1n) is 9.11. The zero-order valence-corrected chi connectivity index (χ0v) is 15.9. The second kappa shape index (κ2) is 6.93. The molecule has 2 heterocycles. The smallest absolute Gasteiger partial charge is 0.340 e. The zero-order valence-electron chi connectivity index (χ0n) is 15.9. The van der Waals surface area contributed by atoms with Gasteiger partial charge in [0.2, 0.25) is 11.1 Å². The Labute approximate surface area is 161 Å². The Balaban J connectivity index is 2.11. The van der Waals surface area contributed by atoms with Crippen molar-refractivity contribution in [2.24, 2.45) is 0 Å². The number of esters is 1. The van der Waals surface area contributed by atoms with Crippen LogP contribution in [0.4, 0.5) is 0 Å². The molecule has 4 rings (SSSR count). The number of carbonyl (C=O) groups is 1. The highest BCUT2D eigenvalue weighted by Crippen LogP contribution is 2.28. The number of carbonyl (C=O) groups excluding carboxylic acids is 1. The zero-order chi connectivity index (χ0) is 19.8. The maximum Gasteiger partial charge on any atom is 0.340 e. The van der Waals surface area contributed by atoms with Crippen LogP contribution in [0, 0.1) is 13.8 Å². The topological polar surface area (TPSA) is 69.4 Å². The average molecular weight is 373 g/mol. The van der Waals surface area contributed by atoms with Crippen LogP contribution >= 0.6 is 0 Å². The van der Waals surface area contributed by atoms with E-state index >= 15 is 0 Å². The minimum absolute atomic E-state index is 0.205. The minimum Gasteiger partial charge on any atom is -0.462 e. The molecule has 0 unspecified atom stereocenters. The van der Waals surface area contributed by atoms with Crippen molar-refractivity contribution < 1.29 is 13.9 Å². The molecule has 28 heavy (non-hydrogen) atoms. The summed E-state index contributed by atoms with van der Waals surface area (Å²) in [5, 5.41) is 0.745. The predicted molar refractivity (Wildman–Crippen MR) is 109 cm³/mol. The van der Waals surface area contributed by atoms with Gasteiger partial charge >= 0.3 is 5.97 Å². The van der Waals surface area contributed by atoms with Gasteiger partial charge in [-0.15, -0.1) is 0 Å². The van der Waals surface area contributed by atoms with Crippen LogP contribution in [-0.4, -0.2) is 17.6 Å². The van der Waals surface area contributed by atoms with Gasteiger partial charge in [-0.05, 0) is 44.0 Å². The Morgan fingerprint density at radius 3 is 2.54 bits per heavy atom. The molecule has 0 radical (unpaired) electrons. The van der Waals surface area contributed by atoms with Crippen LogP contribution in [0.2, 0.25) is 0 Å². The van der Waals surface area contributed by atoms with Crippen LogP contribution in [-0.2, 0) is 4.74 Å². The fourth-order valence-electron chi connectivity index (χ4n) is 3.42. The lowest BCUT2D eigenvalue weighted by atomic mass is 10.0. The van der Waals surface area contributed by atoms with E-state index in [-0.39, 0.29) is 28.7 Å². The van der Waals surface area contributed by atoms with Crippen molar-refractivity contribution in [1.29, 1.82) is 0 Å². The van der Waals surface area contributed by atoms with E-state index in [9.17, 15) is 9.59 Å². The van der Waals surface area contributed by atoms with Crippen LogP contribution in [0.1, 0.15) is 28.4 Å². The van der Waals surface area contributed by atoms with Gasteiger partial charge in [0, 0.05) is 5.56 Å². The minimum atomic E-state index is -0.518. The molecule has 0 aliphatic rings. The van der Waals surface area contributed by atoms with Crippen molar-refractivity contribution >= 4 is 28.0 Å². The second-order valence-electron chi connectivity index (χ2n) is 6.71. The Morgan fingerprint density at radius 2 is 1.82 bits per heavy atom. The molecule has 0 fully saturated rings. The van der Waals surface area contributed by atoms with Gasteiger partial charge in [0.1, 0.15) is 5.58 Å². The maximum atomic E-state index is 13.1. The highest BCUT2D eigenvalue weighted by atomic mass is 16.5. The van der Waals surface area contributed by atoms with E-state index in [0.29, 0.717) is 16.7 Å². The van der Waals surface area contributed by atoms with Crippen molar-refractivity contribution in [2.75, 3.05) is 6.61 Å². The van der Waals surface area contributed by atoms with E-state index in [4.69, 9.17) is 9.15 Å². The van der Waals surface area contributed by atoms with Gasteiger partial charge in [0.25, 0.3) is 0 Å². The lowest BCUT2D eigenvalue weighted by molar-refractivity contribution is 0.0527. The SMILES string of the molecule is CCOC(=O)c1cc2c(=O)c3cc(C)cc(C)c3oc2nc1-c1ccccc1. The maximum absolute atomic E-state index is 13.1. The number of aromatic nitrogens is 1. The molecule has 2 aromatic heterocycles. The summed E-state index contributed by atoms with van der Waals surface area (Å²) in [6, 6.07) is 14.6. The average Bonchev–Trinajstić information content (AvgIpc) is 2.69. The van der Waals surface area contributed by atoms with Gasteiger partial charge in [-0.25, -0.2) is 9.78 Å². The third kappa shape index (κ3) is 2.95. The molecule has 5 nitrogen and oxygen atoms in total. The fourth-order valence-corrected chi connectivity index (χ4v) is 3.42. The molecule has 0 amide bonds. The number of pyridine rings is 1. The van der Waals surface area contributed by atoms with E-state index in [1.54, 1.807) is 13.0 Å². The number of rotatable bonds is 3. The fraction of sp³-hybridized carbons (Fsp3) is 0.174. The summed E-state index contributed by atoms with van der Waals surface area (Å²) in [4.78, 5) is 30.2. The number of hydrogen-bond donors (Lipinski definition) is 0. The molecule has 0 N–H and O–H groups in total. The molecule has 0 atom stereocenters. The van der Waals surface area contributed by atoms with Crippen LogP contribution in [0.5, 0.6) is 0 Å². The monoisotopic (exact) mass is 373 g/mol. The number of ether oxygens (including phenoxy) is 1. The summed E-state index contributed by atoms with van der Waals surface area (Å²) in [7, 11) is 0. The molecule has 5 heteroatoms. The standard InChI is InChI=1S/C23H19NO4/c1-4-27-23(26)16-12-18-20(25)17-11-13(2)10-14(3)21(17)28-22(18)24-19(16)15-8-6-5-7-9-15/h5-12H,4H2,1-3H3. The molecule has 0 bridgehead atoms. The van der Waals surface area contributed by atoms with Crippen molar-refractivity contribution in [2.45, 2.75) is 20.8 Å². The summed E-state index contributed by atoms with van der Waals surface area (Å²) in [6.07, 6.45) is 0. The summed E-state index contributed by atoms with van der Waals surface area (Å²) >= 11 is 0. The lowest BCUT2D eigenvalue weighted by Crippen LogP contribution is -2.11. The molecule has 140 valence electrons. The number of aryl methyl sites for hydroxylation is 2. The highest BCUT2D eigenvalue weighted by Gasteiger charge is 2.20. The van der Waals surface area contributed by atoms with Gasteiger partial charge in [-0.1, -0.05) is 36.4 Å². The normalized spacial score (nSPS) is 11.1. The Kier molecular flexibility index (Phi) is 4.43. The van der Waals surface area contributed by atoms with Crippen LogP contribution in [0.3, 0.4) is 0 Å². The number of hydrogen-bond acceptors (Lipinski definition) is 5. The Morgan fingerprint density at radius 1 is 1.07 bits per heavy atom. The Hall–Kier alpha value is -3.47. The van der Waals surface area contributed by atoms with E-state index in [1.807, 2.05) is 50.2 Å². The van der Waals surface area contributed by atoms with E-state index in [2.05, 4.69) is 4.98 Å².